The molecule has 116 valence electrons. The predicted molar refractivity (Wildman–Crippen MR) is 91.2 cm³/mol. The van der Waals surface area contributed by atoms with E-state index in [4.69, 9.17) is 16.3 Å². The fourth-order valence-corrected chi connectivity index (χ4v) is 2.40. The van der Waals surface area contributed by atoms with E-state index in [0.29, 0.717) is 22.4 Å². The summed E-state index contributed by atoms with van der Waals surface area (Å²) in [5, 5.41) is 6.07. The first-order valence-electron chi connectivity index (χ1n) is 7.01. The molecule has 2 N–H and O–H groups in total. The van der Waals surface area contributed by atoms with Gasteiger partial charge >= 0.3 is 6.03 Å². The monoisotopic (exact) mass is 318 g/mol. The summed E-state index contributed by atoms with van der Waals surface area (Å²) in [4.78, 5) is 12.1. The van der Waals surface area contributed by atoms with Crippen LogP contribution in [0.25, 0.3) is 0 Å². The Bertz CT molecular complexity index is 671. The Balaban J connectivity index is 2.09. The largest absolute Gasteiger partial charge is 0.495 e. The minimum Gasteiger partial charge on any atom is -0.495 e. The number of hydrogen-bond donors (Lipinski definition) is 2. The van der Waals surface area contributed by atoms with Crippen molar-refractivity contribution in [2.45, 2.75) is 19.8 Å². The number of halogens is 1. The Morgan fingerprint density at radius 1 is 1.14 bits per heavy atom. The third-order valence-corrected chi connectivity index (χ3v) is 3.54. The number of benzene rings is 2. The second-order valence-corrected chi connectivity index (χ2v) is 5.58. The van der Waals surface area contributed by atoms with E-state index in [-0.39, 0.29) is 6.03 Å². The number of carbonyl (C=O) groups is 1. The molecule has 5 heteroatoms. The SMILES string of the molecule is COc1ccc(NC(=O)Nc2ccccc2C(C)C)cc1Cl. The molecule has 2 aromatic rings. The van der Waals surface area contributed by atoms with Crippen LogP contribution in [0.4, 0.5) is 16.2 Å². The van der Waals surface area contributed by atoms with Gasteiger partial charge in [-0.15, -0.1) is 0 Å². The number of rotatable bonds is 4. The van der Waals surface area contributed by atoms with E-state index in [9.17, 15) is 4.79 Å². The lowest BCUT2D eigenvalue weighted by molar-refractivity contribution is 0.262. The topological polar surface area (TPSA) is 50.4 Å². The first kappa shape index (κ1) is 16.2. The number of ether oxygens (including phenoxy) is 1. The van der Waals surface area contributed by atoms with Gasteiger partial charge in [-0.05, 0) is 35.7 Å². The van der Waals surface area contributed by atoms with Crippen molar-refractivity contribution < 1.29 is 9.53 Å². The van der Waals surface area contributed by atoms with Crippen molar-refractivity contribution in [1.29, 1.82) is 0 Å². The van der Waals surface area contributed by atoms with Gasteiger partial charge in [-0.25, -0.2) is 4.79 Å². The highest BCUT2D eigenvalue weighted by atomic mass is 35.5. The second-order valence-electron chi connectivity index (χ2n) is 5.17. The predicted octanol–water partition coefficient (Wildman–Crippen LogP) is 5.12. The lowest BCUT2D eigenvalue weighted by Crippen LogP contribution is -2.20. The maximum atomic E-state index is 12.1. The van der Waals surface area contributed by atoms with E-state index < -0.39 is 0 Å². The van der Waals surface area contributed by atoms with E-state index >= 15 is 0 Å². The molecule has 0 spiro atoms. The van der Waals surface area contributed by atoms with Crippen molar-refractivity contribution in [2.24, 2.45) is 0 Å². The zero-order chi connectivity index (χ0) is 16.1. The number of amides is 2. The van der Waals surface area contributed by atoms with E-state index in [1.54, 1.807) is 25.3 Å². The van der Waals surface area contributed by atoms with Gasteiger partial charge in [0.2, 0.25) is 0 Å². The Kier molecular flexibility index (Phi) is 5.28. The quantitative estimate of drug-likeness (QED) is 0.822. The van der Waals surface area contributed by atoms with Crippen LogP contribution >= 0.6 is 11.6 Å². The van der Waals surface area contributed by atoms with Crippen LogP contribution in [0.1, 0.15) is 25.3 Å². The third-order valence-electron chi connectivity index (χ3n) is 3.24. The molecule has 4 nitrogen and oxygen atoms in total. The molecule has 0 radical (unpaired) electrons. The summed E-state index contributed by atoms with van der Waals surface area (Å²) in [5.41, 5.74) is 2.49. The van der Waals surface area contributed by atoms with E-state index in [1.165, 1.54) is 0 Å². The van der Waals surface area contributed by atoms with Gasteiger partial charge in [0.15, 0.2) is 0 Å². The van der Waals surface area contributed by atoms with Gasteiger partial charge in [-0.3, -0.25) is 0 Å². The smallest absolute Gasteiger partial charge is 0.323 e. The summed E-state index contributed by atoms with van der Waals surface area (Å²) in [5.74, 6) is 0.893. The number of carbonyl (C=O) groups excluding carboxylic acids is 1. The first-order chi connectivity index (χ1) is 10.5. The molecule has 0 fully saturated rings. The summed E-state index contributed by atoms with van der Waals surface area (Å²) >= 11 is 6.04. The van der Waals surface area contributed by atoms with Crippen molar-refractivity contribution in [3.05, 3.63) is 53.1 Å². The van der Waals surface area contributed by atoms with Crippen LogP contribution in [0.2, 0.25) is 5.02 Å². The number of urea groups is 1. The van der Waals surface area contributed by atoms with Gasteiger partial charge in [0.25, 0.3) is 0 Å². The van der Waals surface area contributed by atoms with Crippen molar-refractivity contribution in [3.63, 3.8) is 0 Å². The van der Waals surface area contributed by atoms with Gasteiger partial charge in [0.1, 0.15) is 5.75 Å². The van der Waals surface area contributed by atoms with Gasteiger partial charge in [-0.2, -0.15) is 0 Å². The highest BCUT2D eigenvalue weighted by molar-refractivity contribution is 6.32. The standard InChI is InChI=1S/C17H19ClN2O2/c1-11(2)13-6-4-5-7-15(13)20-17(21)19-12-8-9-16(22-3)14(18)10-12/h4-11H,1-3H3,(H2,19,20,21). The molecule has 0 aliphatic carbocycles. The number of nitrogens with one attached hydrogen (secondary N) is 2. The number of para-hydroxylation sites is 1. The summed E-state index contributed by atoms with van der Waals surface area (Å²) in [6.45, 7) is 4.17. The minimum atomic E-state index is -0.311. The molecule has 2 aromatic carbocycles. The molecule has 2 amide bonds. The molecule has 0 aromatic heterocycles. The molecule has 22 heavy (non-hydrogen) atoms. The Labute approximate surface area is 135 Å². The lowest BCUT2D eigenvalue weighted by atomic mass is 10.0. The van der Waals surface area contributed by atoms with Crippen molar-refractivity contribution in [1.82, 2.24) is 0 Å². The Morgan fingerprint density at radius 3 is 2.50 bits per heavy atom. The number of anilines is 2. The highest BCUT2D eigenvalue weighted by Gasteiger charge is 2.10. The molecule has 0 heterocycles. The highest BCUT2D eigenvalue weighted by Crippen LogP contribution is 2.28. The Morgan fingerprint density at radius 2 is 1.86 bits per heavy atom. The number of methoxy groups -OCH3 is 1. The zero-order valence-corrected chi connectivity index (χ0v) is 13.6. The molecule has 0 aliphatic heterocycles. The summed E-state index contributed by atoms with van der Waals surface area (Å²) in [6, 6.07) is 12.5. The summed E-state index contributed by atoms with van der Waals surface area (Å²) < 4.78 is 5.08. The molecule has 0 saturated heterocycles. The molecule has 0 unspecified atom stereocenters. The molecular formula is C17H19ClN2O2. The average molecular weight is 319 g/mol. The normalized spacial score (nSPS) is 10.4. The van der Waals surface area contributed by atoms with Crippen molar-refractivity contribution in [2.75, 3.05) is 17.7 Å². The maximum absolute atomic E-state index is 12.1. The maximum Gasteiger partial charge on any atom is 0.323 e. The van der Waals surface area contributed by atoms with Crippen LogP contribution in [-0.2, 0) is 0 Å². The number of hydrogen-bond acceptors (Lipinski definition) is 2. The van der Waals surface area contributed by atoms with Gasteiger partial charge < -0.3 is 15.4 Å². The van der Waals surface area contributed by atoms with Gasteiger partial charge in [-0.1, -0.05) is 43.6 Å². The van der Waals surface area contributed by atoms with Gasteiger partial charge in [0, 0.05) is 11.4 Å². The van der Waals surface area contributed by atoms with E-state index in [0.717, 1.165) is 11.3 Å². The van der Waals surface area contributed by atoms with Crippen LogP contribution in [0, 0.1) is 0 Å². The molecular weight excluding hydrogens is 300 g/mol. The molecule has 0 atom stereocenters. The third kappa shape index (κ3) is 3.92. The average Bonchev–Trinajstić information content (AvgIpc) is 2.47. The molecule has 0 aliphatic rings. The van der Waals surface area contributed by atoms with Crippen LogP contribution < -0.4 is 15.4 Å². The van der Waals surface area contributed by atoms with Crippen molar-refractivity contribution in [3.8, 4) is 5.75 Å². The summed E-state index contributed by atoms with van der Waals surface area (Å²) in [7, 11) is 1.55. The van der Waals surface area contributed by atoms with Crippen LogP contribution in [0.15, 0.2) is 42.5 Å². The fourth-order valence-electron chi connectivity index (χ4n) is 2.14. The van der Waals surface area contributed by atoms with E-state index in [2.05, 4.69) is 24.5 Å². The molecule has 0 saturated carbocycles. The van der Waals surface area contributed by atoms with Gasteiger partial charge in [0.05, 0.1) is 12.1 Å². The fraction of sp³-hybridized carbons (Fsp3) is 0.235. The van der Waals surface area contributed by atoms with Crippen LogP contribution in [-0.4, -0.2) is 13.1 Å². The zero-order valence-electron chi connectivity index (χ0n) is 12.8. The Hall–Kier alpha value is -2.20. The molecule has 0 bridgehead atoms. The van der Waals surface area contributed by atoms with E-state index in [1.807, 2.05) is 24.3 Å². The van der Waals surface area contributed by atoms with Crippen LogP contribution in [0.3, 0.4) is 0 Å². The minimum absolute atomic E-state index is 0.311. The molecule has 2 rings (SSSR count). The lowest BCUT2D eigenvalue weighted by Gasteiger charge is -2.14. The van der Waals surface area contributed by atoms with Crippen molar-refractivity contribution >= 4 is 29.0 Å². The second kappa shape index (κ2) is 7.18. The first-order valence-corrected chi connectivity index (χ1v) is 7.39. The summed E-state index contributed by atoms with van der Waals surface area (Å²) in [6.07, 6.45) is 0. The van der Waals surface area contributed by atoms with Crippen LogP contribution in [0.5, 0.6) is 5.75 Å².